The Morgan fingerprint density at radius 3 is 2.04 bits per heavy atom. The molecule has 0 aromatic heterocycles. The van der Waals surface area contributed by atoms with E-state index in [9.17, 15) is 4.79 Å². The molecule has 0 atom stereocenters. The normalized spacial score (nSPS) is 18.2. The van der Waals surface area contributed by atoms with E-state index in [0.29, 0.717) is 26.4 Å². The third kappa shape index (κ3) is 4.72. The smallest absolute Gasteiger partial charge is 0.334 e. The van der Waals surface area contributed by atoms with Crippen molar-refractivity contribution in [2.24, 2.45) is 0 Å². The second kappa shape index (κ2) is 8.70. The van der Waals surface area contributed by atoms with Gasteiger partial charge in [0.05, 0.1) is 32.5 Å². The van der Waals surface area contributed by atoms with Gasteiger partial charge in [0.15, 0.2) is 0 Å². The van der Waals surface area contributed by atoms with Crippen LogP contribution in [0, 0.1) is 0 Å². The van der Waals surface area contributed by atoms with Crippen LogP contribution >= 0.6 is 0 Å². The molecule has 2 heterocycles. The summed E-state index contributed by atoms with van der Waals surface area (Å²) in [6.07, 6.45) is 1.61. The lowest BCUT2D eigenvalue weighted by atomic mass is 10.2. The average molecular weight is 332 g/mol. The van der Waals surface area contributed by atoms with Crippen molar-refractivity contribution < 1.29 is 19.0 Å². The molecular formula is C18H24N2O4. The summed E-state index contributed by atoms with van der Waals surface area (Å²) in [6, 6.07) is 9.71. The summed E-state index contributed by atoms with van der Waals surface area (Å²) in [5, 5.41) is 0. The van der Waals surface area contributed by atoms with Gasteiger partial charge in [-0.15, -0.1) is 0 Å². The molecule has 6 heteroatoms. The van der Waals surface area contributed by atoms with Crippen LogP contribution in [0.5, 0.6) is 0 Å². The average Bonchev–Trinajstić information content (AvgIpc) is 2.67. The fraction of sp³-hybridized carbons (Fsp3) is 0.500. The number of nitrogens with zero attached hydrogens (tertiary/aromatic N) is 2. The van der Waals surface area contributed by atoms with Crippen LogP contribution in [0.4, 0.5) is 0 Å². The maximum Gasteiger partial charge on any atom is 0.334 e. The first-order valence-corrected chi connectivity index (χ1v) is 8.41. The molecule has 1 aromatic carbocycles. The molecule has 1 aromatic rings. The Bertz CT molecular complexity index is 529. The maximum atomic E-state index is 12.3. The summed E-state index contributed by atoms with van der Waals surface area (Å²) in [4.78, 5) is 16.7. The molecule has 3 rings (SSSR count). The van der Waals surface area contributed by atoms with Gasteiger partial charge < -0.3 is 24.0 Å². The molecule has 6 nitrogen and oxygen atoms in total. The molecule has 0 N–H and O–H groups in total. The monoisotopic (exact) mass is 332 g/mol. The number of hydrogen-bond acceptors (Lipinski definition) is 6. The van der Waals surface area contributed by atoms with E-state index in [1.807, 2.05) is 30.3 Å². The van der Waals surface area contributed by atoms with Gasteiger partial charge in [0.1, 0.15) is 12.4 Å². The van der Waals surface area contributed by atoms with E-state index in [4.69, 9.17) is 14.2 Å². The first-order valence-electron chi connectivity index (χ1n) is 8.41. The van der Waals surface area contributed by atoms with Gasteiger partial charge in [-0.25, -0.2) is 4.79 Å². The van der Waals surface area contributed by atoms with Crippen molar-refractivity contribution in [2.75, 3.05) is 52.6 Å². The minimum atomic E-state index is -0.313. The molecule has 2 saturated heterocycles. The zero-order chi connectivity index (χ0) is 16.6. The fourth-order valence-corrected chi connectivity index (χ4v) is 2.84. The van der Waals surface area contributed by atoms with Gasteiger partial charge in [-0.05, 0) is 5.56 Å². The number of ether oxygens (including phenoxy) is 3. The fourth-order valence-electron chi connectivity index (χ4n) is 2.84. The zero-order valence-electron chi connectivity index (χ0n) is 13.9. The molecule has 0 bridgehead atoms. The molecular weight excluding hydrogens is 308 g/mol. The van der Waals surface area contributed by atoms with E-state index in [1.165, 1.54) is 0 Å². The molecule has 0 spiro atoms. The zero-order valence-corrected chi connectivity index (χ0v) is 13.9. The summed E-state index contributed by atoms with van der Waals surface area (Å²) in [5.74, 6) is 0.603. The standard InChI is InChI=1S/C18H24N2O4/c21-18(24-15-16-4-2-1-3-5-16)14-17(19-6-10-22-11-7-19)20-8-12-23-13-9-20/h1-5,14H,6-13,15H2. The Morgan fingerprint density at radius 2 is 1.50 bits per heavy atom. The van der Waals surface area contributed by atoms with E-state index in [2.05, 4.69) is 9.80 Å². The Labute approximate surface area is 142 Å². The highest BCUT2D eigenvalue weighted by atomic mass is 16.5. The minimum Gasteiger partial charge on any atom is -0.458 e. The van der Waals surface area contributed by atoms with Crippen molar-refractivity contribution in [3.63, 3.8) is 0 Å². The molecule has 130 valence electrons. The molecule has 0 saturated carbocycles. The van der Waals surface area contributed by atoms with Gasteiger partial charge in [0.2, 0.25) is 0 Å². The lowest BCUT2D eigenvalue weighted by molar-refractivity contribution is -0.139. The van der Waals surface area contributed by atoms with Crippen molar-refractivity contribution in [3.05, 3.63) is 47.8 Å². The quantitative estimate of drug-likeness (QED) is 0.597. The van der Waals surface area contributed by atoms with Gasteiger partial charge in [-0.3, -0.25) is 0 Å². The van der Waals surface area contributed by atoms with Crippen LogP contribution in [0.1, 0.15) is 5.56 Å². The van der Waals surface area contributed by atoms with E-state index in [1.54, 1.807) is 6.08 Å². The number of hydrogen-bond donors (Lipinski definition) is 0. The van der Waals surface area contributed by atoms with Crippen molar-refractivity contribution >= 4 is 5.97 Å². The highest BCUT2D eigenvalue weighted by Crippen LogP contribution is 2.15. The summed E-state index contributed by atoms with van der Waals surface area (Å²) in [7, 11) is 0. The first kappa shape index (κ1) is 16.8. The van der Waals surface area contributed by atoms with Gasteiger partial charge in [-0.2, -0.15) is 0 Å². The Morgan fingerprint density at radius 1 is 0.958 bits per heavy atom. The maximum absolute atomic E-state index is 12.3. The van der Waals surface area contributed by atoms with E-state index < -0.39 is 0 Å². The molecule has 0 amide bonds. The third-order valence-electron chi connectivity index (χ3n) is 4.14. The predicted molar refractivity (Wildman–Crippen MR) is 89.1 cm³/mol. The molecule has 24 heavy (non-hydrogen) atoms. The topological polar surface area (TPSA) is 51.2 Å². The van der Waals surface area contributed by atoms with Crippen LogP contribution in [0.25, 0.3) is 0 Å². The number of rotatable bonds is 5. The van der Waals surface area contributed by atoms with Gasteiger partial charge in [-0.1, -0.05) is 30.3 Å². The van der Waals surface area contributed by atoms with Crippen LogP contribution in [0.2, 0.25) is 0 Å². The van der Waals surface area contributed by atoms with Crippen molar-refractivity contribution in [2.45, 2.75) is 6.61 Å². The van der Waals surface area contributed by atoms with Crippen molar-refractivity contribution in [1.82, 2.24) is 9.80 Å². The molecule has 0 radical (unpaired) electrons. The van der Waals surface area contributed by atoms with Crippen LogP contribution in [0.3, 0.4) is 0 Å². The van der Waals surface area contributed by atoms with Crippen LogP contribution in [0.15, 0.2) is 42.2 Å². The highest BCUT2D eigenvalue weighted by Gasteiger charge is 2.22. The SMILES string of the molecule is O=C(C=C(N1CCOCC1)N1CCOCC1)OCc1ccccc1. The van der Waals surface area contributed by atoms with Crippen LogP contribution in [-0.4, -0.2) is 68.4 Å². The molecule has 2 fully saturated rings. The number of benzene rings is 1. The Balaban J connectivity index is 1.65. The van der Waals surface area contributed by atoms with Crippen LogP contribution < -0.4 is 0 Å². The van der Waals surface area contributed by atoms with Crippen molar-refractivity contribution in [1.29, 1.82) is 0 Å². The van der Waals surface area contributed by atoms with Crippen LogP contribution in [-0.2, 0) is 25.6 Å². The number of morpholine rings is 2. The molecule has 0 unspecified atom stereocenters. The number of esters is 1. The summed E-state index contributed by atoms with van der Waals surface area (Å²) in [5.41, 5.74) is 0.985. The largest absolute Gasteiger partial charge is 0.458 e. The third-order valence-corrected chi connectivity index (χ3v) is 4.14. The summed E-state index contributed by atoms with van der Waals surface area (Å²) in [6.45, 7) is 6.16. The Hall–Kier alpha value is -2.05. The van der Waals surface area contributed by atoms with E-state index in [-0.39, 0.29) is 12.6 Å². The Kier molecular flexibility index (Phi) is 6.09. The number of carbonyl (C=O) groups is 1. The van der Waals surface area contributed by atoms with Crippen molar-refractivity contribution in [3.8, 4) is 0 Å². The molecule has 2 aliphatic rings. The lowest BCUT2D eigenvalue weighted by Gasteiger charge is -2.39. The second-order valence-electron chi connectivity index (χ2n) is 5.79. The molecule has 0 aliphatic carbocycles. The van der Waals surface area contributed by atoms with Gasteiger partial charge >= 0.3 is 5.97 Å². The lowest BCUT2D eigenvalue weighted by Crippen LogP contribution is -2.46. The molecule has 2 aliphatic heterocycles. The minimum absolute atomic E-state index is 0.287. The van der Waals surface area contributed by atoms with Gasteiger partial charge in [0.25, 0.3) is 0 Å². The van der Waals surface area contributed by atoms with Gasteiger partial charge in [0, 0.05) is 26.2 Å². The van der Waals surface area contributed by atoms with E-state index >= 15 is 0 Å². The van der Waals surface area contributed by atoms with E-state index in [0.717, 1.165) is 37.6 Å². The first-order chi connectivity index (χ1) is 11.8. The summed E-state index contributed by atoms with van der Waals surface area (Å²) < 4.78 is 16.2. The predicted octanol–water partition coefficient (Wildman–Crippen LogP) is 1.24. The number of carbonyl (C=O) groups excluding carboxylic acids is 1. The highest BCUT2D eigenvalue weighted by molar-refractivity contribution is 5.82. The summed E-state index contributed by atoms with van der Waals surface area (Å²) >= 11 is 0. The second-order valence-corrected chi connectivity index (χ2v) is 5.79.